The second-order valence-electron chi connectivity index (χ2n) is 12.6. The molecule has 5 aliphatic rings. The van der Waals surface area contributed by atoms with Gasteiger partial charge < -0.3 is 10.2 Å². The highest BCUT2D eigenvalue weighted by Crippen LogP contribution is 2.70. The quantitative estimate of drug-likeness (QED) is 0.574. The summed E-state index contributed by atoms with van der Waals surface area (Å²) in [6, 6.07) is 2.26. The van der Waals surface area contributed by atoms with Gasteiger partial charge in [-0.3, -0.25) is 9.59 Å². The summed E-state index contributed by atoms with van der Waals surface area (Å²) in [5.74, 6) is 0.0103. The van der Waals surface area contributed by atoms with Gasteiger partial charge in [0.05, 0.1) is 11.5 Å². The summed E-state index contributed by atoms with van der Waals surface area (Å²) in [6.07, 6.45) is 9.99. The fraction of sp³-hybridized carbons (Fsp3) is 0.821. The molecule has 0 amide bonds. The first-order valence-electron chi connectivity index (χ1n) is 13.1. The van der Waals surface area contributed by atoms with Crippen molar-refractivity contribution < 1.29 is 19.8 Å². The number of aliphatic hydroxyl groups is 1. The van der Waals surface area contributed by atoms with Crippen molar-refractivity contribution in [3.8, 4) is 6.07 Å². The summed E-state index contributed by atoms with van der Waals surface area (Å²) in [5, 5.41) is 30.9. The number of carbonyl (C=O) groups is 2. The third kappa shape index (κ3) is 2.92. The third-order valence-corrected chi connectivity index (χ3v) is 11.5. The normalized spacial score (nSPS) is 51.2. The van der Waals surface area contributed by atoms with E-state index in [1.165, 1.54) is 5.57 Å². The van der Waals surface area contributed by atoms with Crippen molar-refractivity contribution in [2.75, 3.05) is 6.61 Å². The molecule has 180 valence electrons. The molecule has 4 fully saturated rings. The molecule has 0 saturated heterocycles. The van der Waals surface area contributed by atoms with Crippen LogP contribution >= 0.6 is 0 Å². The van der Waals surface area contributed by atoms with Gasteiger partial charge in [0.15, 0.2) is 5.78 Å². The van der Waals surface area contributed by atoms with E-state index in [1.807, 2.05) is 6.92 Å². The van der Waals surface area contributed by atoms with E-state index in [2.05, 4.69) is 26.0 Å². The van der Waals surface area contributed by atoms with Gasteiger partial charge >= 0.3 is 5.97 Å². The minimum Gasteiger partial charge on any atom is -0.481 e. The monoisotopic (exact) mass is 453 g/mol. The molecule has 0 radical (unpaired) electrons. The van der Waals surface area contributed by atoms with Gasteiger partial charge in [0.2, 0.25) is 0 Å². The molecule has 10 atom stereocenters. The number of ketones is 1. The molecule has 0 aliphatic heterocycles. The van der Waals surface area contributed by atoms with Crippen LogP contribution in [0.3, 0.4) is 0 Å². The van der Waals surface area contributed by atoms with E-state index in [4.69, 9.17) is 0 Å². The number of Topliss-reactive ketones (excluding diaryl/α,β-unsaturated/α-hetero) is 1. The molecule has 0 aromatic carbocycles. The summed E-state index contributed by atoms with van der Waals surface area (Å²) in [5.41, 5.74) is 0.359. The largest absolute Gasteiger partial charge is 0.481 e. The molecule has 2 N–H and O–H groups in total. The Bertz CT molecular complexity index is 935. The first kappa shape index (κ1) is 23.1. The van der Waals surface area contributed by atoms with Gasteiger partial charge in [0.1, 0.15) is 5.92 Å². The highest BCUT2D eigenvalue weighted by molar-refractivity contribution is 5.86. The van der Waals surface area contributed by atoms with Crippen LogP contribution in [0.25, 0.3) is 0 Å². The molecule has 0 aromatic heterocycles. The summed E-state index contributed by atoms with van der Waals surface area (Å²) in [4.78, 5) is 25.4. The van der Waals surface area contributed by atoms with Crippen molar-refractivity contribution >= 4 is 11.8 Å². The smallest absolute Gasteiger partial charge is 0.310 e. The predicted molar refractivity (Wildman–Crippen MR) is 124 cm³/mol. The van der Waals surface area contributed by atoms with Gasteiger partial charge in [-0.05, 0) is 92.8 Å². The Morgan fingerprint density at radius 1 is 1.18 bits per heavy atom. The molecule has 0 aromatic rings. The third-order valence-electron chi connectivity index (χ3n) is 11.5. The minimum absolute atomic E-state index is 0.0191. The predicted octanol–water partition coefficient (Wildman–Crippen LogP) is 4.99. The van der Waals surface area contributed by atoms with E-state index in [1.54, 1.807) is 0 Å². The number of allylic oxidation sites excluding steroid dienone is 2. The van der Waals surface area contributed by atoms with Crippen molar-refractivity contribution in [2.24, 2.45) is 57.7 Å². The van der Waals surface area contributed by atoms with Crippen LogP contribution in [-0.2, 0) is 9.59 Å². The Hall–Kier alpha value is -1.67. The Kier molecular flexibility index (Phi) is 5.37. The molecule has 0 heterocycles. The maximum absolute atomic E-state index is 12.9. The van der Waals surface area contributed by atoms with E-state index in [-0.39, 0.29) is 41.5 Å². The number of carboxylic acids is 1. The van der Waals surface area contributed by atoms with Crippen molar-refractivity contribution in [3.63, 3.8) is 0 Å². The zero-order valence-corrected chi connectivity index (χ0v) is 20.3. The molecular weight excluding hydrogens is 414 g/mol. The maximum Gasteiger partial charge on any atom is 0.310 e. The van der Waals surface area contributed by atoms with Crippen molar-refractivity contribution in [2.45, 2.75) is 78.6 Å². The Balaban J connectivity index is 1.57. The first-order chi connectivity index (χ1) is 15.6. The number of fused-ring (bicyclic) bond motifs is 7. The molecule has 0 spiro atoms. The topological polar surface area (TPSA) is 98.4 Å². The van der Waals surface area contributed by atoms with Gasteiger partial charge in [0, 0.05) is 17.9 Å². The second-order valence-corrected chi connectivity index (χ2v) is 12.6. The van der Waals surface area contributed by atoms with Crippen LogP contribution in [0.4, 0.5) is 0 Å². The molecule has 5 heteroatoms. The summed E-state index contributed by atoms with van der Waals surface area (Å²) in [7, 11) is 0. The number of nitriles is 1. The van der Waals surface area contributed by atoms with Crippen LogP contribution in [0, 0.1) is 69.0 Å². The molecule has 0 bridgehead atoms. The number of nitrogens with zero attached hydrogens (tertiary/aromatic N) is 1. The Labute approximate surface area is 197 Å². The van der Waals surface area contributed by atoms with Crippen LogP contribution in [0.15, 0.2) is 11.6 Å². The SMILES string of the molecule is CC1CCC2(C(=O)O)CCC3C(=CCC4C3(C)CCC3C(C)C(=O)C(C#N)CC34CO)C2C1. The molecular formula is C28H39NO4. The summed E-state index contributed by atoms with van der Waals surface area (Å²) in [6.45, 7) is 6.64. The van der Waals surface area contributed by atoms with E-state index >= 15 is 0 Å². The molecule has 33 heavy (non-hydrogen) atoms. The number of aliphatic carboxylic acids is 1. The highest BCUT2D eigenvalue weighted by atomic mass is 16.4. The van der Waals surface area contributed by atoms with E-state index in [0.29, 0.717) is 18.3 Å². The number of rotatable bonds is 2. The van der Waals surface area contributed by atoms with Crippen molar-refractivity contribution in [3.05, 3.63) is 11.6 Å². The standard InChI is InChI=1S/C28H39NO4/c1-16-6-10-27(25(32)33)11-8-21-19(22(27)12-16)4-5-23-26(21,3)9-7-20-17(2)24(31)18(14-29)13-28(20,23)15-30/h4,16-18,20-23,30H,5-13,15H2,1-3H3,(H,32,33). The number of hydrogen-bond donors (Lipinski definition) is 2. The lowest BCUT2D eigenvalue weighted by atomic mass is 9.38. The molecule has 5 aliphatic carbocycles. The zero-order chi connectivity index (χ0) is 23.8. The van der Waals surface area contributed by atoms with Gasteiger partial charge in [-0.25, -0.2) is 0 Å². The van der Waals surface area contributed by atoms with E-state index < -0.39 is 22.7 Å². The average molecular weight is 454 g/mol. The second kappa shape index (κ2) is 7.67. The van der Waals surface area contributed by atoms with Crippen molar-refractivity contribution in [1.82, 2.24) is 0 Å². The van der Waals surface area contributed by atoms with Gasteiger partial charge in [-0.1, -0.05) is 32.4 Å². The van der Waals surface area contributed by atoms with E-state index in [0.717, 1.165) is 51.4 Å². The minimum atomic E-state index is -0.624. The number of aliphatic hydroxyl groups excluding tert-OH is 1. The summed E-state index contributed by atoms with van der Waals surface area (Å²) >= 11 is 0. The van der Waals surface area contributed by atoms with Crippen LogP contribution in [0.2, 0.25) is 0 Å². The molecule has 4 saturated carbocycles. The molecule has 10 unspecified atom stereocenters. The highest BCUT2D eigenvalue weighted by Gasteiger charge is 2.66. The lowest BCUT2D eigenvalue weighted by molar-refractivity contribution is -0.178. The van der Waals surface area contributed by atoms with Gasteiger partial charge in [-0.2, -0.15) is 5.26 Å². The average Bonchev–Trinajstić information content (AvgIpc) is 2.80. The van der Waals surface area contributed by atoms with Crippen LogP contribution < -0.4 is 0 Å². The lowest BCUT2D eigenvalue weighted by Gasteiger charge is -2.66. The van der Waals surface area contributed by atoms with Crippen LogP contribution in [-0.4, -0.2) is 28.6 Å². The Morgan fingerprint density at radius 3 is 2.58 bits per heavy atom. The van der Waals surface area contributed by atoms with E-state index in [9.17, 15) is 25.1 Å². The summed E-state index contributed by atoms with van der Waals surface area (Å²) < 4.78 is 0. The molecule has 5 rings (SSSR count). The van der Waals surface area contributed by atoms with Crippen LogP contribution in [0.5, 0.6) is 0 Å². The lowest BCUT2D eigenvalue weighted by Crippen LogP contribution is -2.62. The number of hydrogen-bond acceptors (Lipinski definition) is 4. The van der Waals surface area contributed by atoms with Crippen molar-refractivity contribution in [1.29, 1.82) is 5.26 Å². The first-order valence-corrected chi connectivity index (χ1v) is 13.1. The van der Waals surface area contributed by atoms with Crippen LogP contribution in [0.1, 0.15) is 78.6 Å². The number of carboxylic acid groups (broad SMARTS) is 1. The Morgan fingerprint density at radius 2 is 1.91 bits per heavy atom. The zero-order valence-electron chi connectivity index (χ0n) is 20.3. The maximum atomic E-state index is 12.9. The fourth-order valence-electron chi connectivity index (χ4n) is 9.80. The molecule has 5 nitrogen and oxygen atoms in total. The fourth-order valence-corrected chi connectivity index (χ4v) is 9.80. The number of carbonyl (C=O) groups excluding carboxylic acids is 1. The van der Waals surface area contributed by atoms with Gasteiger partial charge in [0.25, 0.3) is 0 Å². The van der Waals surface area contributed by atoms with Gasteiger partial charge in [-0.15, -0.1) is 0 Å².